The molecule has 1 fully saturated rings. The highest BCUT2D eigenvalue weighted by molar-refractivity contribution is 6.32. The molecular weight excluding hydrogens is 473 g/mol. The summed E-state index contributed by atoms with van der Waals surface area (Å²) < 4.78 is 40.0. The molecule has 2 amide bonds. The SMILES string of the molecule is CC(C)C(O)(C(=O)N(C)CCCC1CCN(c2ccc(C(=O)N(C)C)c(Cl)n2)CC1)C(F)(F)F. The Bertz CT molecular complexity index is 874. The first-order valence-electron chi connectivity index (χ1n) is 11.4. The second-order valence-electron chi connectivity index (χ2n) is 9.43. The average Bonchev–Trinajstić information content (AvgIpc) is 2.76. The zero-order chi connectivity index (χ0) is 25.8. The van der Waals surface area contributed by atoms with Gasteiger partial charge in [0.15, 0.2) is 0 Å². The summed E-state index contributed by atoms with van der Waals surface area (Å²) in [6.07, 6.45) is -1.98. The summed E-state index contributed by atoms with van der Waals surface area (Å²) in [6, 6.07) is 3.45. The quantitative estimate of drug-likeness (QED) is 0.542. The molecule has 1 unspecified atom stereocenters. The highest BCUT2D eigenvalue weighted by atomic mass is 35.5. The lowest BCUT2D eigenvalue weighted by Crippen LogP contribution is -2.60. The van der Waals surface area contributed by atoms with Gasteiger partial charge in [0.1, 0.15) is 11.0 Å². The van der Waals surface area contributed by atoms with Crippen molar-refractivity contribution in [3.8, 4) is 0 Å². The first-order chi connectivity index (χ1) is 15.7. The first-order valence-corrected chi connectivity index (χ1v) is 11.8. The van der Waals surface area contributed by atoms with Crippen molar-refractivity contribution in [2.24, 2.45) is 11.8 Å². The van der Waals surface area contributed by atoms with Crippen LogP contribution in [0.2, 0.25) is 5.15 Å². The molecule has 1 N–H and O–H groups in total. The van der Waals surface area contributed by atoms with Crippen molar-refractivity contribution in [2.75, 3.05) is 45.7 Å². The number of alkyl halides is 3. The van der Waals surface area contributed by atoms with E-state index in [1.807, 2.05) is 0 Å². The van der Waals surface area contributed by atoms with Crippen LogP contribution in [0.15, 0.2) is 12.1 Å². The van der Waals surface area contributed by atoms with Gasteiger partial charge in [0.2, 0.25) is 5.60 Å². The van der Waals surface area contributed by atoms with Gasteiger partial charge in [-0.05, 0) is 43.7 Å². The molecule has 0 saturated carbocycles. The standard InChI is InChI=1S/C23H34ClF3N4O3/c1-15(2)22(34,23(25,26)27)21(33)30(5)12-6-7-16-10-13-31(14-11-16)18-9-8-17(19(24)28-18)20(32)29(3)4/h8-9,15-16,34H,6-7,10-14H2,1-5H3. The van der Waals surface area contributed by atoms with Crippen LogP contribution in [0.25, 0.3) is 0 Å². The van der Waals surface area contributed by atoms with Gasteiger partial charge < -0.3 is 19.8 Å². The Morgan fingerprint density at radius 3 is 2.26 bits per heavy atom. The number of aliphatic hydroxyl groups is 1. The summed E-state index contributed by atoms with van der Waals surface area (Å²) in [4.78, 5) is 33.4. The number of hydrogen-bond acceptors (Lipinski definition) is 5. The van der Waals surface area contributed by atoms with Crippen LogP contribution in [0.1, 0.15) is 49.9 Å². The van der Waals surface area contributed by atoms with Crippen LogP contribution in [0.5, 0.6) is 0 Å². The molecule has 11 heteroatoms. The maximum Gasteiger partial charge on any atom is 0.426 e. The molecular formula is C23H34ClF3N4O3. The lowest BCUT2D eigenvalue weighted by molar-refractivity contribution is -0.269. The molecule has 1 aliphatic heterocycles. The van der Waals surface area contributed by atoms with Crippen LogP contribution in [-0.4, -0.2) is 84.3 Å². The van der Waals surface area contributed by atoms with Crippen LogP contribution in [0, 0.1) is 11.8 Å². The minimum Gasteiger partial charge on any atom is -0.372 e. The molecule has 2 heterocycles. The molecule has 1 saturated heterocycles. The lowest BCUT2D eigenvalue weighted by Gasteiger charge is -2.36. The summed E-state index contributed by atoms with van der Waals surface area (Å²) in [5, 5.41) is 10.2. The number of piperidine rings is 1. The van der Waals surface area contributed by atoms with Gasteiger partial charge in [-0.3, -0.25) is 9.59 Å². The van der Waals surface area contributed by atoms with Crippen molar-refractivity contribution in [3.05, 3.63) is 22.8 Å². The number of aromatic nitrogens is 1. The van der Waals surface area contributed by atoms with E-state index in [9.17, 15) is 27.9 Å². The minimum absolute atomic E-state index is 0.142. The van der Waals surface area contributed by atoms with Crippen molar-refractivity contribution in [1.82, 2.24) is 14.8 Å². The van der Waals surface area contributed by atoms with E-state index in [0.29, 0.717) is 23.7 Å². The minimum atomic E-state index is -5.03. The summed E-state index contributed by atoms with van der Waals surface area (Å²) >= 11 is 6.21. The molecule has 0 bridgehead atoms. The summed E-state index contributed by atoms with van der Waals surface area (Å²) in [5.74, 6) is -1.75. The van der Waals surface area contributed by atoms with Crippen LogP contribution in [0.3, 0.4) is 0 Å². The second kappa shape index (κ2) is 11.1. The van der Waals surface area contributed by atoms with E-state index < -0.39 is 23.6 Å². The van der Waals surface area contributed by atoms with Crippen LogP contribution >= 0.6 is 11.6 Å². The number of rotatable bonds is 8. The summed E-state index contributed by atoms with van der Waals surface area (Å²) in [5.41, 5.74) is -3.03. The Morgan fingerprint density at radius 1 is 1.21 bits per heavy atom. The number of likely N-dealkylation sites (N-methyl/N-ethyl adjacent to an activating group) is 1. The van der Waals surface area contributed by atoms with Crippen LogP contribution in [-0.2, 0) is 4.79 Å². The van der Waals surface area contributed by atoms with E-state index in [4.69, 9.17) is 11.6 Å². The molecule has 34 heavy (non-hydrogen) atoms. The van der Waals surface area contributed by atoms with E-state index in [-0.39, 0.29) is 17.6 Å². The predicted molar refractivity (Wildman–Crippen MR) is 125 cm³/mol. The summed E-state index contributed by atoms with van der Waals surface area (Å²) in [6.45, 7) is 3.99. The number of carbonyl (C=O) groups is 2. The predicted octanol–water partition coefficient (Wildman–Crippen LogP) is 3.84. The summed E-state index contributed by atoms with van der Waals surface area (Å²) in [7, 11) is 4.59. The molecule has 1 aromatic heterocycles. The molecule has 1 aliphatic rings. The number of amides is 2. The molecule has 7 nitrogen and oxygen atoms in total. The molecule has 192 valence electrons. The molecule has 0 spiro atoms. The van der Waals surface area contributed by atoms with Gasteiger partial charge in [-0.2, -0.15) is 13.2 Å². The third-order valence-electron chi connectivity index (χ3n) is 6.46. The number of carbonyl (C=O) groups excluding carboxylic acids is 2. The molecule has 0 radical (unpaired) electrons. The molecule has 0 aliphatic carbocycles. The topological polar surface area (TPSA) is 77.0 Å². The fraction of sp³-hybridized carbons (Fsp3) is 0.696. The van der Waals surface area contributed by atoms with Gasteiger partial charge >= 0.3 is 6.18 Å². The molecule has 1 aromatic rings. The maximum absolute atomic E-state index is 13.3. The Kier molecular flexibility index (Phi) is 9.21. The Hall–Kier alpha value is -2.07. The highest BCUT2D eigenvalue weighted by Gasteiger charge is 2.62. The molecule has 0 aromatic carbocycles. The van der Waals surface area contributed by atoms with Gasteiger partial charge in [0, 0.05) is 46.7 Å². The van der Waals surface area contributed by atoms with Crippen molar-refractivity contribution in [1.29, 1.82) is 0 Å². The van der Waals surface area contributed by atoms with Crippen LogP contribution < -0.4 is 4.90 Å². The van der Waals surface area contributed by atoms with Crippen LogP contribution in [0.4, 0.5) is 19.0 Å². The third kappa shape index (κ3) is 6.13. The van der Waals surface area contributed by atoms with Crippen molar-refractivity contribution >= 4 is 29.2 Å². The normalized spacial score (nSPS) is 17.0. The second-order valence-corrected chi connectivity index (χ2v) is 9.78. The van der Waals surface area contributed by atoms with Crippen molar-refractivity contribution < 1.29 is 27.9 Å². The van der Waals surface area contributed by atoms with E-state index >= 15 is 0 Å². The third-order valence-corrected chi connectivity index (χ3v) is 6.74. The van der Waals surface area contributed by atoms with Gasteiger partial charge in [0.05, 0.1) is 5.56 Å². The zero-order valence-corrected chi connectivity index (χ0v) is 21.1. The number of anilines is 1. The Morgan fingerprint density at radius 2 is 1.79 bits per heavy atom. The number of halogens is 4. The first kappa shape index (κ1) is 28.2. The van der Waals surface area contributed by atoms with E-state index in [1.54, 1.807) is 26.2 Å². The van der Waals surface area contributed by atoms with Gasteiger partial charge in [0.25, 0.3) is 11.8 Å². The van der Waals surface area contributed by atoms with Crippen molar-refractivity contribution in [3.63, 3.8) is 0 Å². The highest BCUT2D eigenvalue weighted by Crippen LogP contribution is 2.37. The fourth-order valence-electron chi connectivity index (χ4n) is 4.16. The van der Waals surface area contributed by atoms with E-state index in [0.717, 1.165) is 37.3 Å². The van der Waals surface area contributed by atoms with Gasteiger partial charge in [-0.1, -0.05) is 25.4 Å². The molecule has 1 atom stereocenters. The van der Waals surface area contributed by atoms with Gasteiger partial charge in [-0.15, -0.1) is 0 Å². The Balaban J connectivity index is 1.86. The monoisotopic (exact) mass is 506 g/mol. The fourth-order valence-corrected chi connectivity index (χ4v) is 4.39. The lowest BCUT2D eigenvalue weighted by atomic mass is 9.87. The number of pyridine rings is 1. The van der Waals surface area contributed by atoms with Crippen molar-refractivity contribution in [2.45, 2.75) is 51.3 Å². The van der Waals surface area contributed by atoms with E-state index in [2.05, 4.69) is 9.88 Å². The zero-order valence-electron chi connectivity index (χ0n) is 20.3. The van der Waals surface area contributed by atoms with Gasteiger partial charge in [-0.25, -0.2) is 4.98 Å². The smallest absolute Gasteiger partial charge is 0.372 e. The largest absolute Gasteiger partial charge is 0.426 e. The average molecular weight is 507 g/mol. The molecule has 2 rings (SSSR count). The number of nitrogens with zero attached hydrogens (tertiary/aromatic N) is 4. The Labute approximate surface area is 203 Å². The van der Waals surface area contributed by atoms with E-state index in [1.165, 1.54) is 25.8 Å². The number of hydrogen-bond donors (Lipinski definition) is 1. The maximum atomic E-state index is 13.3.